The van der Waals surface area contributed by atoms with Crippen molar-refractivity contribution in [2.24, 2.45) is 0 Å². The second-order valence-corrected chi connectivity index (χ2v) is 7.37. The Hall–Kier alpha value is -2.36. The number of hydrogen-bond donors (Lipinski definition) is 0. The number of pyridine rings is 1. The Morgan fingerprint density at radius 1 is 1.08 bits per heavy atom. The molecule has 3 heterocycles. The molecule has 2 aliphatic heterocycles. The quantitative estimate of drug-likeness (QED) is 0.819. The Labute approximate surface area is 155 Å². The number of amides is 1. The molecule has 1 fully saturated rings. The molecule has 0 aliphatic carbocycles. The van der Waals surface area contributed by atoms with Crippen molar-refractivity contribution in [3.63, 3.8) is 0 Å². The second kappa shape index (κ2) is 7.90. The molecule has 4 rings (SSSR count). The lowest BCUT2D eigenvalue weighted by Gasteiger charge is -2.31. The van der Waals surface area contributed by atoms with Crippen LogP contribution >= 0.6 is 0 Å². The molecule has 4 nitrogen and oxygen atoms in total. The average Bonchev–Trinajstić information content (AvgIpc) is 3.23. The van der Waals surface area contributed by atoms with E-state index in [1.807, 2.05) is 17.2 Å². The van der Waals surface area contributed by atoms with Crippen LogP contribution in [0.3, 0.4) is 0 Å². The van der Waals surface area contributed by atoms with Gasteiger partial charge in [0.2, 0.25) is 5.91 Å². The van der Waals surface area contributed by atoms with Gasteiger partial charge in [-0.05, 0) is 67.9 Å². The van der Waals surface area contributed by atoms with Gasteiger partial charge in [-0.1, -0.05) is 12.1 Å². The molecule has 0 spiro atoms. The molecule has 1 saturated heterocycles. The van der Waals surface area contributed by atoms with Gasteiger partial charge in [-0.15, -0.1) is 0 Å². The minimum absolute atomic E-state index is 0.258. The van der Waals surface area contributed by atoms with Gasteiger partial charge in [-0.2, -0.15) is 0 Å². The maximum absolute atomic E-state index is 12.9. The molecule has 4 heteroatoms. The number of aryl methyl sites for hydroxylation is 2. The van der Waals surface area contributed by atoms with Crippen LogP contribution in [-0.2, 0) is 17.6 Å². The molecule has 2 aliphatic rings. The van der Waals surface area contributed by atoms with Crippen LogP contribution in [0.15, 0.2) is 42.7 Å². The average molecular weight is 349 g/mol. The van der Waals surface area contributed by atoms with Crippen molar-refractivity contribution < 1.29 is 4.79 Å². The van der Waals surface area contributed by atoms with Crippen LogP contribution in [-0.4, -0.2) is 30.5 Å². The number of fused-ring (bicyclic) bond motifs is 1. The van der Waals surface area contributed by atoms with Crippen molar-refractivity contribution in [2.75, 3.05) is 29.4 Å². The molecule has 26 heavy (non-hydrogen) atoms. The molecule has 2 aromatic rings. The maximum atomic E-state index is 12.9. The first-order valence-corrected chi connectivity index (χ1v) is 9.88. The smallest absolute Gasteiger partial charge is 0.226 e. The van der Waals surface area contributed by atoms with E-state index in [2.05, 4.69) is 34.1 Å². The number of aromatic nitrogens is 1. The highest BCUT2D eigenvalue weighted by molar-refractivity contribution is 5.95. The van der Waals surface area contributed by atoms with E-state index in [0.717, 1.165) is 51.0 Å². The summed E-state index contributed by atoms with van der Waals surface area (Å²) < 4.78 is 0. The van der Waals surface area contributed by atoms with E-state index in [0.29, 0.717) is 6.42 Å². The van der Waals surface area contributed by atoms with Gasteiger partial charge < -0.3 is 9.80 Å². The minimum atomic E-state index is 0.258. The minimum Gasteiger partial charge on any atom is -0.371 e. The highest BCUT2D eigenvalue weighted by atomic mass is 16.2. The summed E-state index contributed by atoms with van der Waals surface area (Å²) in [5.74, 6) is 0.258. The van der Waals surface area contributed by atoms with Crippen molar-refractivity contribution in [1.29, 1.82) is 0 Å². The lowest BCUT2D eigenvalue weighted by Crippen LogP contribution is -2.35. The largest absolute Gasteiger partial charge is 0.371 e. The predicted molar refractivity (Wildman–Crippen MR) is 106 cm³/mol. The van der Waals surface area contributed by atoms with E-state index in [-0.39, 0.29) is 5.91 Å². The van der Waals surface area contributed by atoms with Crippen LogP contribution in [0.4, 0.5) is 11.4 Å². The van der Waals surface area contributed by atoms with Gasteiger partial charge in [0, 0.05) is 49.8 Å². The summed E-state index contributed by atoms with van der Waals surface area (Å²) in [5.41, 5.74) is 4.94. The zero-order chi connectivity index (χ0) is 17.8. The molecule has 0 unspecified atom stereocenters. The van der Waals surface area contributed by atoms with Gasteiger partial charge in [-0.3, -0.25) is 9.78 Å². The molecule has 0 bridgehead atoms. The van der Waals surface area contributed by atoms with Crippen LogP contribution in [0.25, 0.3) is 0 Å². The lowest BCUT2D eigenvalue weighted by molar-refractivity contribution is -0.118. The number of nitrogens with zero attached hydrogens (tertiary/aromatic N) is 3. The normalized spacial score (nSPS) is 16.6. The Balaban J connectivity index is 1.44. The third-order valence-electron chi connectivity index (χ3n) is 5.54. The summed E-state index contributed by atoms with van der Waals surface area (Å²) in [6, 6.07) is 10.8. The number of hydrogen-bond acceptors (Lipinski definition) is 3. The van der Waals surface area contributed by atoms with E-state index in [1.165, 1.54) is 29.7 Å². The van der Waals surface area contributed by atoms with Crippen molar-refractivity contribution in [3.8, 4) is 0 Å². The summed E-state index contributed by atoms with van der Waals surface area (Å²) in [6.07, 6.45) is 10.8. The van der Waals surface area contributed by atoms with Gasteiger partial charge in [0.1, 0.15) is 0 Å². The number of benzene rings is 1. The molecule has 1 amide bonds. The summed E-state index contributed by atoms with van der Waals surface area (Å²) in [7, 11) is 0. The number of anilines is 2. The van der Waals surface area contributed by atoms with Crippen LogP contribution in [0.2, 0.25) is 0 Å². The third-order valence-corrected chi connectivity index (χ3v) is 5.54. The molecule has 0 atom stereocenters. The molecule has 1 aromatic carbocycles. The Bertz CT molecular complexity index is 753. The Morgan fingerprint density at radius 2 is 1.96 bits per heavy atom. The monoisotopic (exact) mass is 349 g/mol. The highest BCUT2D eigenvalue weighted by Gasteiger charge is 2.24. The van der Waals surface area contributed by atoms with Gasteiger partial charge >= 0.3 is 0 Å². The first kappa shape index (κ1) is 17.1. The first-order chi connectivity index (χ1) is 12.8. The van der Waals surface area contributed by atoms with Crippen LogP contribution < -0.4 is 9.80 Å². The third kappa shape index (κ3) is 3.74. The fourth-order valence-electron chi connectivity index (χ4n) is 4.12. The summed E-state index contributed by atoms with van der Waals surface area (Å²) >= 11 is 0. The SMILES string of the molecule is O=C(CCCc1cccnc1)N1CCCc2ccc(N3CCCC3)cc21. The van der Waals surface area contributed by atoms with Gasteiger partial charge in [0.25, 0.3) is 0 Å². The topological polar surface area (TPSA) is 36.4 Å². The zero-order valence-electron chi connectivity index (χ0n) is 15.4. The predicted octanol–water partition coefficient (Wildman–Crippen LogP) is 3.98. The van der Waals surface area contributed by atoms with Gasteiger partial charge in [0.15, 0.2) is 0 Å². The Morgan fingerprint density at radius 3 is 2.77 bits per heavy atom. The highest BCUT2D eigenvalue weighted by Crippen LogP contribution is 2.33. The van der Waals surface area contributed by atoms with Crippen LogP contribution in [0.1, 0.15) is 43.2 Å². The van der Waals surface area contributed by atoms with E-state index in [1.54, 1.807) is 6.20 Å². The lowest BCUT2D eigenvalue weighted by atomic mass is 10.00. The second-order valence-electron chi connectivity index (χ2n) is 7.37. The molecule has 0 radical (unpaired) electrons. The fourth-order valence-corrected chi connectivity index (χ4v) is 4.12. The maximum Gasteiger partial charge on any atom is 0.226 e. The fraction of sp³-hybridized carbons (Fsp3) is 0.455. The molecule has 0 saturated carbocycles. The first-order valence-electron chi connectivity index (χ1n) is 9.88. The molecular formula is C22H27N3O. The van der Waals surface area contributed by atoms with Crippen molar-refractivity contribution in [2.45, 2.75) is 44.9 Å². The van der Waals surface area contributed by atoms with Crippen LogP contribution in [0.5, 0.6) is 0 Å². The molecule has 0 N–H and O–H groups in total. The Kier molecular flexibility index (Phi) is 5.19. The molecule has 136 valence electrons. The van der Waals surface area contributed by atoms with Crippen molar-refractivity contribution >= 4 is 17.3 Å². The van der Waals surface area contributed by atoms with Gasteiger partial charge in [-0.25, -0.2) is 0 Å². The van der Waals surface area contributed by atoms with Crippen molar-refractivity contribution in [1.82, 2.24) is 4.98 Å². The van der Waals surface area contributed by atoms with E-state index in [4.69, 9.17) is 0 Å². The molecule has 1 aromatic heterocycles. The van der Waals surface area contributed by atoms with Crippen LogP contribution in [0, 0.1) is 0 Å². The number of carbonyl (C=O) groups is 1. The summed E-state index contributed by atoms with van der Waals surface area (Å²) in [6.45, 7) is 3.12. The standard InChI is InChI=1S/C22H27N3O/c26-22(9-3-6-18-7-4-12-23-17-18)25-15-5-8-19-10-11-20(16-21(19)25)24-13-1-2-14-24/h4,7,10-12,16-17H,1-3,5-6,8-9,13-15H2. The van der Waals surface area contributed by atoms with E-state index >= 15 is 0 Å². The number of rotatable bonds is 5. The molecular weight excluding hydrogens is 322 g/mol. The summed E-state index contributed by atoms with van der Waals surface area (Å²) in [5, 5.41) is 0. The van der Waals surface area contributed by atoms with E-state index in [9.17, 15) is 4.79 Å². The van der Waals surface area contributed by atoms with Crippen molar-refractivity contribution in [3.05, 3.63) is 53.9 Å². The zero-order valence-corrected chi connectivity index (χ0v) is 15.4. The van der Waals surface area contributed by atoms with Gasteiger partial charge in [0.05, 0.1) is 0 Å². The summed E-state index contributed by atoms with van der Waals surface area (Å²) in [4.78, 5) is 21.5. The van der Waals surface area contributed by atoms with E-state index < -0.39 is 0 Å². The number of carbonyl (C=O) groups excluding carboxylic acids is 1.